The zero-order valence-corrected chi connectivity index (χ0v) is 21.8. The normalized spacial score (nSPS) is 43.1. The van der Waals surface area contributed by atoms with E-state index < -0.39 is 0 Å². The van der Waals surface area contributed by atoms with Crippen molar-refractivity contribution in [2.24, 2.45) is 46.3 Å². The lowest BCUT2D eigenvalue weighted by atomic mass is 9.43. The minimum absolute atomic E-state index is 0.0526. The van der Waals surface area contributed by atoms with Crippen LogP contribution in [0.4, 0.5) is 5.69 Å². The van der Waals surface area contributed by atoms with Crippen LogP contribution in [-0.2, 0) is 4.79 Å². The van der Waals surface area contributed by atoms with Gasteiger partial charge in [-0.2, -0.15) is 0 Å². The van der Waals surface area contributed by atoms with E-state index in [9.17, 15) is 9.90 Å². The van der Waals surface area contributed by atoms with Crippen molar-refractivity contribution in [2.45, 2.75) is 78.2 Å². The van der Waals surface area contributed by atoms with E-state index in [0.29, 0.717) is 23.5 Å². The van der Waals surface area contributed by atoms with Crippen molar-refractivity contribution in [1.82, 2.24) is 0 Å². The predicted octanol–water partition coefficient (Wildman–Crippen LogP) is 5.94. The molecular weight excluding hydrogens is 418 g/mol. The molecule has 4 aliphatic rings. The third kappa shape index (κ3) is 3.63. The van der Waals surface area contributed by atoms with Gasteiger partial charge in [-0.1, -0.05) is 37.8 Å². The van der Waals surface area contributed by atoms with Crippen molar-refractivity contribution in [2.75, 3.05) is 19.0 Å². The highest BCUT2D eigenvalue weighted by atomic mass is 16.3. The molecule has 4 aliphatic carbocycles. The van der Waals surface area contributed by atoms with Crippen molar-refractivity contribution >= 4 is 11.5 Å². The van der Waals surface area contributed by atoms with E-state index in [-0.39, 0.29) is 28.8 Å². The monoisotopic (exact) mass is 461 g/mol. The standard InChI is InChI=1S/C31H43NO2/c1-20(33)24-14-15-25-22-12-13-26-23(11-10-21-8-6-7-9-28(21)32(4)5)29(34)17-19-31(26,3)27(22)16-18-30(24,25)2/h6-9,22-27,29,34H,12-19H2,1-5H3/t22?,23?,24-,25?,26-,27?,29+,30-,31+/m1/s1. The zero-order chi connectivity index (χ0) is 24.3. The van der Waals surface area contributed by atoms with Crippen molar-refractivity contribution in [3.63, 3.8) is 0 Å². The molecular formula is C31H43NO2. The second-order valence-corrected chi connectivity index (χ2v) is 12.7. The van der Waals surface area contributed by atoms with E-state index in [0.717, 1.165) is 36.4 Å². The lowest BCUT2D eigenvalue weighted by molar-refractivity contribution is -0.146. The predicted molar refractivity (Wildman–Crippen MR) is 138 cm³/mol. The van der Waals surface area contributed by atoms with Crippen LogP contribution in [0, 0.1) is 58.2 Å². The summed E-state index contributed by atoms with van der Waals surface area (Å²) in [4.78, 5) is 14.6. The highest BCUT2D eigenvalue weighted by Crippen LogP contribution is 2.68. The average Bonchev–Trinajstić information content (AvgIpc) is 3.16. The van der Waals surface area contributed by atoms with Crippen molar-refractivity contribution in [3.05, 3.63) is 29.8 Å². The lowest BCUT2D eigenvalue weighted by Crippen LogP contribution is -2.56. The average molecular weight is 462 g/mol. The second-order valence-electron chi connectivity index (χ2n) is 12.7. The summed E-state index contributed by atoms with van der Waals surface area (Å²) < 4.78 is 0. The van der Waals surface area contributed by atoms with E-state index in [1.165, 1.54) is 32.1 Å². The zero-order valence-electron chi connectivity index (χ0n) is 21.8. The third-order valence-electron chi connectivity index (χ3n) is 11.0. The molecule has 0 spiro atoms. The van der Waals surface area contributed by atoms with Gasteiger partial charge in [-0.25, -0.2) is 0 Å². The summed E-state index contributed by atoms with van der Waals surface area (Å²) in [5, 5.41) is 11.1. The van der Waals surface area contributed by atoms with Crippen LogP contribution < -0.4 is 4.90 Å². The summed E-state index contributed by atoms with van der Waals surface area (Å²) >= 11 is 0. The summed E-state index contributed by atoms with van der Waals surface area (Å²) in [7, 11) is 4.12. The lowest BCUT2D eigenvalue weighted by Gasteiger charge is -2.62. The molecule has 1 aromatic carbocycles. The summed E-state index contributed by atoms with van der Waals surface area (Å²) in [5.74, 6) is 10.4. The van der Waals surface area contributed by atoms with Gasteiger partial charge in [0.1, 0.15) is 5.78 Å². The van der Waals surface area contributed by atoms with Crippen LogP contribution in [0.2, 0.25) is 0 Å². The number of anilines is 1. The molecule has 5 rings (SSSR count). The van der Waals surface area contributed by atoms with Gasteiger partial charge in [0.15, 0.2) is 0 Å². The maximum absolute atomic E-state index is 12.4. The van der Waals surface area contributed by atoms with Crippen LogP contribution in [0.3, 0.4) is 0 Å². The number of nitrogens with zero attached hydrogens (tertiary/aromatic N) is 1. The van der Waals surface area contributed by atoms with Gasteiger partial charge in [-0.15, -0.1) is 0 Å². The largest absolute Gasteiger partial charge is 0.392 e. The number of fused-ring (bicyclic) bond motifs is 5. The highest BCUT2D eigenvalue weighted by Gasteiger charge is 2.62. The van der Waals surface area contributed by atoms with Crippen molar-refractivity contribution in [3.8, 4) is 11.8 Å². The Morgan fingerprint density at radius 1 is 0.941 bits per heavy atom. The Labute approximate surface area is 206 Å². The Morgan fingerprint density at radius 3 is 2.35 bits per heavy atom. The molecule has 1 N–H and O–H groups in total. The van der Waals surface area contributed by atoms with E-state index in [4.69, 9.17) is 0 Å². The molecule has 0 heterocycles. The number of para-hydroxylation sites is 1. The molecule has 184 valence electrons. The van der Waals surface area contributed by atoms with Gasteiger partial charge in [0.2, 0.25) is 0 Å². The molecule has 9 atom stereocenters. The number of Topliss-reactive ketones (excluding diaryl/α,β-unsaturated/α-hetero) is 1. The van der Waals surface area contributed by atoms with Gasteiger partial charge < -0.3 is 10.0 Å². The highest BCUT2D eigenvalue weighted by molar-refractivity contribution is 5.79. The Bertz CT molecular complexity index is 1000. The first kappa shape index (κ1) is 23.9. The molecule has 0 aliphatic heterocycles. The van der Waals surface area contributed by atoms with Gasteiger partial charge in [0.25, 0.3) is 0 Å². The van der Waals surface area contributed by atoms with Crippen LogP contribution in [-0.4, -0.2) is 31.1 Å². The fourth-order valence-electron chi connectivity index (χ4n) is 9.35. The van der Waals surface area contributed by atoms with Crippen molar-refractivity contribution < 1.29 is 9.90 Å². The number of hydrogen-bond donors (Lipinski definition) is 1. The molecule has 0 radical (unpaired) electrons. The third-order valence-corrected chi connectivity index (χ3v) is 11.0. The molecule has 3 nitrogen and oxygen atoms in total. The number of hydrogen-bond acceptors (Lipinski definition) is 3. The molecule has 4 fully saturated rings. The van der Waals surface area contributed by atoms with Gasteiger partial charge in [-0.3, -0.25) is 4.79 Å². The topological polar surface area (TPSA) is 40.5 Å². The van der Waals surface area contributed by atoms with Gasteiger partial charge in [0, 0.05) is 31.5 Å². The Kier molecular flexibility index (Phi) is 6.12. The molecule has 0 saturated heterocycles. The first-order valence-electron chi connectivity index (χ1n) is 13.6. The van der Waals surface area contributed by atoms with Crippen LogP contribution in [0.25, 0.3) is 0 Å². The van der Waals surface area contributed by atoms with Gasteiger partial charge >= 0.3 is 0 Å². The molecule has 34 heavy (non-hydrogen) atoms. The molecule has 0 amide bonds. The number of aliphatic hydroxyl groups is 1. The summed E-state index contributed by atoms with van der Waals surface area (Å²) in [5.41, 5.74) is 2.65. The summed E-state index contributed by atoms with van der Waals surface area (Å²) in [6.07, 6.45) is 8.84. The minimum atomic E-state index is -0.323. The number of aliphatic hydroxyl groups excluding tert-OH is 1. The molecule has 4 saturated carbocycles. The molecule has 1 aromatic rings. The van der Waals surface area contributed by atoms with Crippen molar-refractivity contribution in [1.29, 1.82) is 0 Å². The molecule has 4 unspecified atom stereocenters. The number of ketones is 1. The van der Waals surface area contributed by atoms with Crippen LogP contribution in [0.1, 0.15) is 77.7 Å². The maximum atomic E-state index is 12.4. The van der Waals surface area contributed by atoms with E-state index in [1.54, 1.807) is 0 Å². The van der Waals surface area contributed by atoms with Crippen LogP contribution >= 0.6 is 0 Å². The first-order valence-corrected chi connectivity index (χ1v) is 13.6. The molecule has 0 aromatic heterocycles. The Morgan fingerprint density at radius 2 is 1.62 bits per heavy atom. The minimum Gasteiger partial charge on any atom is -0.392 e. The number of carbonyl (C=O) groups is 1. The van der Waals surface area contributed by atoms with E-state index in [2.05, 4.69) is 68.9 Å². The van der Waals surface area contributed by atoms with Crippen LogP contribution in [0.15, 0.2) is 24.3 Å². The maximum Gasteiger partial charge on any atom is 0.133 e. The van der Waals surface area contributed by atoms with Gasteiger partial charge in [0.05, 0.1) is 11.8 Å². The second kappa shape index (κ2) is 8.70. The summed E-state index contributed by atoms with van der Waals surface area (Å²) in [6, 6.07) is 8.33. The molecule has 0 bridgehead atoms. The Hall–Kier alpha value is -1.79. The number of carbonyl (C=O) groups excluding carboxylic acids is 1. The fraction of sp³-hybridized carbons (Fsp3) is 0.710. The number of rotatable bonds is 2. The summed E-state index contributed by atoms with van der Waals surface area (Å²) in [6.45, 7) is 6.79. The Balaban J connectivity index is 1.43. The van der Waals surface area contributed by atoms with Gasteiger partial charge in [-0.05, 0) is 105 Å². The first-order chi connectivity index (χ1) is 16.2. The molecule has 3 heteroatoms. The van der Waals surface area contributed by atoms with Crippen LogP contribution in [0.5, 0.6) is 0 Å². The van der Waals surface area contributed by atoms with E-state index in [1.807, 2.05) is 6.92 Å². The quantitative estimate of drug-likeness (QED) is 0.554. The van der Waals surface area contributed by atoms with E-state index >= 15 is 0 Å². The fourth-order valence-corrected chi connectivity index (χ4v) is 9.35. The number of benzene rings is 1. The SMILES string of the molecule is CC(=O)[C@H]1CCC2C3CC[C@@H]4C(C#Cc5ccccc5N(C)C)[C@@H](O)CC[C@]4(C)C3CC[C@@]21C. The smallest absolute Gasteiger partial charge is 0.133 e.